The lowest BCUT2D eigenvalue weighted by molar-refractivity contribution is 0.654. The zero-order valence-corrected chi connectivity index (χ0v) is 22.0. The Labute approximate surface area is 223 Å². The zero-order valence-electron chi connectivity index (χ0n) is 21.2. The van der Waals surface area contributed by atoms with Crippen molar-refractivity contribution in [3.63, 3.8) is 0 Å². The number of nitriles is 1. The maximum Gasteiger partial charge on any atom is 0.257 e. The van der Waals surface area contributed by atoms with E-state index in [2.05, 4.69) is 50.7 Å². The van der Waals surface area contributed by atoms with E-state index < -0.39 is 0 Å². The fourth-order valence-corrected chi connectivity index (χ4v) is 5.10. The monoisotopic (exact) mass is 522 g/mol. The van der Waals surface area contributed by atoms with Gasteiger partial charge in [0.25, 0.3) is 5.56 Å². The summed E-state index contributed by atoms with van der Waals surface area (Å²) in [6.45, 7) is 4.20. The van der Waals surface area contributed by atoms with Gasteiger partial charge in [-0.1, -0.05) is 61.9 Å². The predicted molar refractivity (Wildman–Crippen MR) is 146 cm³/mol. The third-order valence-electron chi connectivity index (χ3n) is 6.52. The van der Waals surface area contributed by atoms with Crippen LogP contribution in [0.4, 0.5) is 0 Å². The second-order valence-corrected chi connectivity index (χ2v) is 9.83. The zero-order chi connectivity index (χ0) is 26.5. The number of unbranched alkanes of at least 4 members (excludes halogenated alkanes) is 1. The van der Waals surface area contributed by atoms with Crippen LogP contribution in [-0.2, 0) is 19.4 Å². The molecule has 0 atom stereocenters. The van der Waals surface area contributed by atoms with Crippen LogP contribution in [0.25, 0.3) is 22.5 Å². The summed E-state index contributed by atoms with van der Waals surface area (Å²) in [5.41, 5.74) is 7.62. The summed E-state index contributed by atoms with van der Waals surface area (Å²) in [4.78, 5) is 23.4. The van der Waals surface area contributed by atoms with Crippen LogP contribution in [0.3, 0.4) is 0 Å². The molecule has 9 nitrogen and oxygen atoms in total. The van der Waals surface area contributed by atoms with Gasteiger partial charge in [0, 0.05) is 17.5 Å². The average molecular weight is 523 g/mol. The SMILES string of the molecule is CCCCc1nc(C)n(Cc2ncsc2C#N)c(=O)c1Cc1ccc(-c2ccccc2-c2nn[nH]n2)cc1. The van der Waals surface area contributed by atoms with Crippen LogP contribution in [0, 0.1) is 18.3 Å². The molecule has 0 aliphatic carbocycles. The predicted octanol–water partition coefficient (Wildman–Crippen LogP) is 4.71. The molecule has 0 fully saturated rings. The van der Waals surface area contributed by atoms with Crippen LogP contribution >= 0.6 is 11.3 Å². The third kappa shape index (κ3) is 5.14. The molecule has 2 aromatic carbocycles. The molecule has 0 saturated heterocycles. The summed E-state index contributed by atoms with van der Waals surface area (Å²) < 4.78 is 1.64. The lowest BCUT2D eigenvalue weighted by Crippen LogP contribution is -2.30. The van der Waals surface area contributed by atoms with E-state index in [0.29, 0.717) is 34.2 Å². The second kappa shape index (κ2) is 11.3. The molecule has 1 N–H and O–H groups in total. The quantitative estimate of drug-likeness (QED) is 0.297. The van der Waals surface area contributed by atoms with Crippen molar-refractivity contribution >= 4 is 11.3 Å². The van der Waals surface area contributed by atoms with Crippen molar-refractivity contribution in [3.8, 4) is 28.6 Å². The largest absolute Gasteiger partial charge is 0.290 e. The Bertz CT molecular complexity index is 1650. The number of rotatable bonds is 9. The number of tetrazole rings is 1. The minimum Gasteiger partial charge on any atom is -0.290 e. The molecule has 0 aliphatic rings. The minimum absolute atomic E-state index is 0.0768. The van der Waals surface area contributed by atoms with E-state index in [4.69, 9.17) is 4.98 Å². The van der Waals surface area contributed by atoms with Gasteiger partial charge in [-0.3, -0.25) is 9.36 Å². The van der Waals surface area contributed by atoms with Crippen molar-refractivity contribution in [2.24, 2.45) is 0 Å². The number of thiazole rings is 1. The van der Waals surface area contributed by atoms with Crippen molar-refractivity contribution in [2.75, 3.05) is 0 Å². The molecule has 38 heavy (non-hydrogen) atoms. The molecule has 0 aliphatic heterocycles. The van der Waals surface area contributed by atoms with Gasteiger partial charge in [0.2, 0.25) is 5.82 Å². The Kier molecular flexibility index (Phi) is 7.47. The first-order valence-corrected chi connectivity index (χ1v) is 13.3. The lowest BCUT2D eigenvalue weighted by Gasteiger charge is -2.15. The van der Waals surface area contributed by atoms with Crippen molar-refractivity contribution in [2.45, 2.75) is 46.1 Å². The highest BCUT2D eigenvalue weighted by atomic mass is 32.1. The summed E-state index contributed by atoms with van der Waals surface area (Å²) in [6.07, 6.45) is 3.20. The Morgan fingerprint density at radius 2 is 1.87 bits per heavy atom. The molecule has 10 heteroatoms. The maximum absolute atomic E-state index is 13.8. The minimum atomic E-state index is -0.0768. The van der Waals surface area contributed by atoms with Crippen LogP contribution in [0.5, 0.6) is 0 Å². The van der Waals surface area contributed by atoms with Crippen LogP contribution in [0.2, 0.25) is 0 Å². The second-order valence-electron chi connectivity index (χ2n) is 8.97. The highest BCUT2D eigenvalue weighted by Crippen LogP contribution is 2.30. The smallest absolute Gasteiger partial charge is 0.257 e. The maximum atomic E-state index is 13.8. The van der Waals surface area contributed by atoms with E-state index in [-0.39, 0.29) is 12.1 Å². The summed E-state index contributed by atoms with van der Waals surface area (Å²) in [6, 6.07) is 18.3. The lowest BCUT2D eigenvalue weighted by atomic mass is 9.96. The van der Waals surface area contributed by atoms with Gasteiger partial charge in [-0.2, -0.15) is 10.5 Å². The number of aryl methyl sites for hydroxylation is 2. The number of nitrogens with one attached hydrogen (secondary N) is 1. The van der Waals surface area contributed by atoms with Crippen molar-refractivity contribution in [1.29, 1.82) is 5.26 Å². The molecular weight excluding hydrogens is 496 g/mol. The fraction of sp³-hybridized carbons (Fsp3) is 0.250. The van der Waals surface area contributed by atoms with Crippen molar-refractivity contribution in [3.05, 3.63) is 97.6 Å². The molecule has 0 radical (unpaired) electrons. The molecule has 190 valence electrons. The van der Waals surface area contributed by atoms with Gasteiger partial charge in [-0.05, 0) is 41.7 Å². The molecule has 5 aromatic rings. The van der Waals surface area contributed by atoms with E-state index in [0.717, 1.165) is 47.2 Å². The number of aromatic amines is 1. The summed E-state index contributed by atoms with van der Waals surface area (Å²) in [5.74, 6) is 1.17. The van der Waals surface area contributed by atoms with E-state index >= 15 is 0 Å². The molecule has 3 heterocycles. The highest BCUT2D eigenvalue weighted by molar-refractivity contribution is 7.10. The van der Waals surface area contributed by atoms with Gasteiger partial charge < -0.3 is 0 Å². The number of hydrogen-bond donors (Lipinski definition) is 1. The first kappa shape index (κ1) is 25.2. The Morgan fingerprint density at radius 1 is 1.08 bits per heavy atom. The molecule has 0 spiro atoms. The number of H-pyrrole nitrogens is 1. The first-order chi connectivity index (χ1) is 18.6. The average Bonchev–Trinajstić information content (AvgIpc) is 3.64. The van der Waals surface area contributed by atoms with Gasteiger partial charge >= 0.3 is 0 Å². The number of hydrogen-bond acceptors (Lipinski definition) is 8. The highest BCUT2D eigenvalue weighted by Gasteiger charge is 2.18. The summed E-state index contributed by atoms with van der Waals surface area (Å²) in [7, 11) is 0. The summed E-state index contributed by atoms with van der Waals surface area (Å²) >= 11 is 1.28. The van der Waals surface area contributed by atoms with E-state index in [9.17, 15) is 10.1 Å². The Balaban J connectivity index is 1.49. The number of aromatic nitrogens is 7. The van der Waals surface area contributed by atoms with Crippen molar-refractivity contribution < 1.29 is 0 Å². The number of nitrogens with zero attached hydrogens (tertiary/aromatic N) is 7. The van der Waals surface area contributed by atoms with Crippen LogP contribution < -0.4 is 5.56 Å². The van der Waals surface area contributed by atoms with Gasteiger partial charge in [-0.15, -0.1) is 21.5 Å². The van der Waals surface area contributed by atoms with Gasteiger partial charge in [0.05, 0.1) is 23.4 Å². The Hall–Kier alpha value is -4.49. The van der Waals surface area contributed by atoms with Gasteiger partial charge in [0.1, 0.15) is 16.8 Å². The van der Waals surface area contributed by atoms with E-state index in [1.807, 2.05) is 43.3 Å². The van der Waals surface area contributed by atoms with E-state index in [1.165, 1.54) is 11.3 Å². The molecular formula is C28H26N8OS. The van der Waals surface area contributed by atoms with Crippen LogP contribution in [-0.4, -0.2) is 35.2 Å². The molecule has 0 saturated carbocycles. The van der Waals surface area contributed by atoms with E-state index in [1.54, 1.807) is 10.1 Å². The third-order valence-corrected chi connectivity index (χ3v) is 7.29. The fourth-order valence-electron chi connectivity index (χ4n) is 4.51. The molecule has 0 amide bonds. The number of benzene rings is 2. The standard InChI is InChI=1S/C28H26N8OS/c1-3-4-9-24-23(28(37)36(18(2)31-24)16-25-26(15-29)38-17-30-25)14-19-10-12-20(13-11-19)21-7-5-6-8-22(21)27-32-34-35-33-27/h5-8,10-13,17H,3-4,9,14,16H2,1-2H3,(H,32,33,34,35). The molecule has 3 aromatic heterocycles. The normalized spacial score (nSPS) is 11.0. The Morgan fingerprint density at radius 3 is 2.58 bits per heavy atom. The molecule has 0 bridgehead atoms. The first-order valence-electron chi connectivity index (χ1n) is 12.4. The topological polar surface area (TPSA) is 126 Å². The van der Waals surface area contributed by atoms with Gasteiger partial charge in [0.15, 0.2) is 0 Å². The molecule has 5 rings (SSSR count). The van der Waals surface area contributed by atoms with Gasteiger partial charge in [-0.25, -0.2) is 9.97 Å². The van der Waals surface area contributed by atoms with Crippen molar-refractivity contribution in [1.82, 2.24) is 35.2 Å². The summed E-state index contributed by atoms with van der Waals surface area (Å²) in [5, 5.41) is 23.9. The van der Waals surface area contributed by atoms with Crippen LogP contribution in [0.15, 0.2) is 58.8 Å². The van der Waals surface area contributed by atoms with Crippen LogP contribution in [0.1, 0.15) is 53.0 Å². The molecule has 0 unspecified atom stereocenters.